The number of hydrogen-bond acceptors (Lipinski definition) is 4. The lowest BCUT2D eigenvalue weighted by atomic mass is 10.1. The third kappa shape index (κ3) is 5.14. The fourth-order valence-electron chi connectivity index (χ4n) is 2.66. The number of methoxy groups -OCH3 is 3. The summed E-state index contributed by atoms with van der Waals surface area (Å²) in [6.07, 6.45) is 1.02. The van der Waals surface area contributed by atoms with Crippen LogP contribution in [0.1, 0.15) is 16.7 Å². The lowest BCUT2D eigenvalue weighted by Gasteiger charge is -2.11. The number of hydrogen-bond donors (Lipinski definition) is 1. The molecule has 0 bridgehead atoms. The normalized spacial score (nSPS) is 10.2. The number of amides is 1. The van der Waals surface area contributed by atoms with E-state index >= 15 is 0 Å². The molecule has 0 spiro atoms. The summed E-state index contributed by atoms with van der Waals surface area (Å²) < 4.78 is 15.8. The highest BCUT2D eigenvalue weighted by atomic mass is 16.5. The summed E-state index contributed by atoms with van der Waals surface area (Å²) in [4.78, 5) is 12.2. The Labute approximate surface area is 148 Å². The highest BCUT2D eigenvalue weighted by Gasteiger charge is 2.09. The molecule has 0 saturated carbocycles. The number of aryl methyl sites for hydroxylation is 1. The maximum atomic E-state index is 12.2. The Kier molecular flexibility index (Phi) is 6.69. The Balaban J connectivity index is 1.90. The molecular weight excluding hydrogens is 318 g/mol. The second kappa shape index (κ2) is 8.97. The van der Waals surface area contributed by atoms with E-state index in [1.165, 1.54) is 0 Å². The van der Waals surface area contributed by atoms with Crippen molar-refractivity contribution in [3.63, 3.8) is 0 Å². The van der Waals surface area contributed by atoms with E-state index in [0.717, 1.165) is 28.9 Å². The van der Waals surface area contributed by atoms with Crippen LogP contribution in [-0.2, 0) is 17.6 Å². The van der Waals surface area contributed by atoms with Gasteiger partial charge in [0.25, 0.3) is 0 Å². The lowest BCUT2D eigenvalue weighted by molar-refractivity contribution is -0.120. The predicted molar refractivity (Wildman–Crippen MR) is 97.7 cm³/mol. The van der Waals surface area contributed by atoms with E-state index in [4.69, 9.17) is 14.2 Å². The van der Waals surface area contributed by atoms with Crippen molar-refractivity contribution in [2.75, 3.05) is 27.9 Å². The highest BCUT2D eigenvalue weighted by molar-refractivity contribution is 5.79. The van der Waals surface area contributed by atoms with Crippen molar-refractivity contribution < 1.29 is 19.0 Å². The minimum atomic E-state index is -0.0237. The van der Waals surface area contributed by atoms with Crippen molar-refractivity contribution >= 4 is 5.91 Å². The molecule has 0 aliphatic carbocycles. The van der Waals surface area contributed by atoms with Crippen molar-refractivity contribution in [2.24, 2.45) is 0 Å². The summed E-state index contributed by atoms with van der Waals surface area (Å²) >= 11 is 0. The Bertz CT molecular complexity index is 728. The van der Waals surface area contributed by atoms with Crippen LogP contribution < -0.4 is 19.5 Å². The maximum Gasteiger partial charge on any atom is 0.224 e. The Morgan fingerprint density at radius 3 is 2.28 bits per heavy atom. The van der Waals surface area contributed by atoms with E-state index in [1.54, 1.807) is 21.3 Å². The Morgan fingerprint density at radius 2 is 1.60 bits per heavy atom. The number of benzene rings is 2. The molecule has 0 aromatic heterocycles. The molecular formula is C20H25NO4. The molecule has 0 aliphatic rings. The first-order valence-corrected chi connectivity index (χ1v) is 8.18. The summed E-state index contributed by atoms with van der Waals surface area (Å²) in [6.45, 7) is 2.56. The zero-order valence-corrected chi connectivity index (χ0v) is 15.2. The molecule has 134 valence electrons. The van der Waals surface area contributed by atoms with Crippen molar-refractivity contribution in [1.29, 1.82) is 0 Å². The quantitative estimate of drug-likeness (QED) is 0.801. The van der Waals surface area contributed by atoms with Crippen molar-refractivity contribution in [3.8, 4) is 17.2 Å². The first-order chi connectivity index (χ1) is 12.1. The Hall–Kier alpha value is -2.69. The van der Waals surface area contributed by atoms with E-state index in [-0.39, 0.29) is 5.91 Å². The van der Waals surface area contributed by atoms with Crippen LogP contribution in [0.2, 0.25) is 0 Å². The van der Waals surface area contributed by atoms with E-state index in [1.807, 2.05) is 43.3 Å². The van der Waals surface area contributed by atoms with Gasteiger partial charge in [0.15, 0.2) is 11.5 Å². The van der Waals surface area contributed by atoms with Gasteiger partial charge in [0, 0.05) is 12.1 Å². The van der Waals surface area contributed by atoms with Crippen LogP contribution in [0.15, 0.2) is 36.4 Å². The maximum absolute atomic E-state index is 12.2. The van der Waals surface area contributed by atoms with E-state index in [0.29, 0.717) is 24.5 Å². The number of carbonyl (C=O) groups is 1. The van der Waals surface area contributed by atoms with E-state index in [2.05, 4.69) is 5.32 Å². The average molecular weight is 343 g/mol. The third-order valence-corrected chi connectivity index (χ3v) is 3.97. The molecule has 1 amide bonds. The van der Waals surface area contributed by atoms with Crippen molar-refractivity contribution in [2.45, 2.75) is 19.8 Å². The van der Waals surface area contributed by atoms with Crippen LogP contribution in [0, 0.1) is 6.92 Å². The summed E-state index contributed by atoms with van der Waals surface area (Å²) in [5.74, 6) is 2.10. The summed E-state index contributed by atoms with van der Waals surface area (Å²) in [5.41, 5.74) is 3.08. The fraction of sp³-hybridized carbons (Fsp3) is 0.350. The molecule has 5 nitrogen and oxygen atoms in total. The molecule has 2 rings (SSSR count). The van der Waals surface area contributed by atoms with Gasteiger partial charge in [-0.2, -0.15) is 0 Å². The lowest BCUT2D eigenvalue weighted by Crippen LogP contribution is -2.27. The van der Waals surface area contributed by atoms with Gasteiger partial charge in [-0.1, -0.05) is 23.8 Å². The molecule has 5 heteroatoms. The van der Waals surface area contributed by atoms with Crippen molar-refractivity contribution in [3.05, 3.63) is 53.1 Å². The monoisotopic (exact) mass is 343 g/mol. The predicted octanol–water partition coefficient (Wildman–Crippen LogP) is 2.92. The summed E-state index contributed by atoms with van der Waals surface area (Å²) in [7, 11) is 4.83. The zero-order valence-electron chi connectivity index (χ0n) is 15.2. The van der Waals surface area contributed by atoms with Crippen LogP contribution in [0.3, 0.4) is 0 Å². The highest BCUT2D eigenvalue weighted by Crippen LogP contribution is 2.27. The second-order valence-corrected chi connectivity index (χ2v) is 5.78. The van der Waals surface area contributed by atoms with E-state index < -0.39 is 0 Å². The third-order valence-electron chi connectivity index (χ3n) is 3.97. The summed E-state index contributed by atoms with van der Waals surface area (Å²) in [6, 6.07) is 11.6. The average Bonchev–Trinajstić information content (AvgIpc) is 2.61. The number of nitrogens with one attached hydrogen (secondary N) is 1. The molecule has 25 heavy (non-hydrogen) atoms. The van der Waals surface area contributed by atoms with Gasteiger partial charge in [0.05, 0.1) is 27.8 Å². The molecule has 2 aromatic rings. The second-order valence-electron chi connectivity index (χ2n) is 5.78. The SMILES string of the molecule is COc1ccc(C)cc1CC(=O)NCCc1ccc(OC)c(OC)c1. The zero-order chi connectivity index (χ0) is 18.2. The first-order valence-electron chi connectivity index (χ1n) is 8.18. The number of carbonyl (C=O) groups excluding carboxylic acids is 1. The van der Waals surface area contributed by atoms with Gasteiger partial charge >= 0.3 is 0 Å². The van der Waals surface area contributed by atoms with Crippen LogP contribution in [0.4, 0.5) is 0 Å². The van der Waals surface area contributed by atoms with Gasteiger partial charge in [-0.25, -0.2) is 0 Å². The molecule has 0 saturated heterocycles. The number of rotatable bonds is 8. The van der Waals surface area contributed by atoms with Gasteiger partial charge in [-0.15, -0.1) is 0 Å². The van der Waals surface area contributed by atoms with Gasteiger partial charge < -0.3 is 19.5 Å². The van der Waals surface area contributed by atoms with Gasteiger partial charge in [0.2, 0.25) is 5.91 Å². The van der Waals surface area contributed by atoms with Crippen LogP contribution >= 0.6 is 0 Å². The minimum Gasteiger partial charge on any atom is -0.496 e. The standard InChI is InChI=1S/C20H25NO4/c1-14-5-7-17(23-2)16(11-14)13-20(22)21-10-9-15-6-8-18(24-3)19(12-15)25-4/h5-8,11-12H,9-10,13H2,1-4H3,(H,21,22). The molecule has 2 aromatic carbocycles. The molecule has 0 unspecified atom stereocenters. The number of ether oxygens (including phenoxy) is 3. The van der Waals surface area contributed by atoms with Gasteiger partial charge in [0.1, 0.15) is 5.75 Å². The van der Waals surface area contributed by atoms with Crippen LogP contribution in [0.25, 0.3) is 0 Å². The Morgan fingerprint density at radius 1 is 0.920 bits per heavy atom. The van der Waals surface area contributed by atoms with Crippen LogP contribution in [-0.4, -0.2) is 33.8 Å². The van der Waals surface area contributed by atoms with Crippen LogP contribution in [0.5, 0.6) is 17.2 Å². The largest absolute Gasteiger partial charge is 0.496 e. The molecule has 0 fully saturated rings. The molecule has 0 aliphatic heterocycles. The molecule has 1 N–H and O–H groups in total. The van der Waals surface area contributed by atoms with Gasteiger partial charge in [-0.05, 0) is 37.1 Å². The molecule has 0 heterocycles. The molecule has 0 atom stereocenters. The smallest absolute Gasteiger partial charge is 0.224 e. The fourth-order valence-corrected chi connectivity index (χ4v) is 2.66. The van der Waals surface area contributed by atoms with Crippen molar-refractivity contribution in [1.82, 2.24) is 5.32 Å². The minimum absolute atomic E-state index is 0.0237. The van der Waals surface area contributed by atoms with E-state index in [9.17, 15) is 4.79 Å². The first kappa shape index (κ1) is 18.6. The van der Waals surface area contributed by atoms with Gasteiger partial charge in [-0.3, -0.25) is 4.79 Å². The topological polar surface area (TPSA) is 56.8 Å². The summed E-state index contributed by atoms with van der Waals surface area (Å²) in [5, 5.41) is 2.95. The molecule has 0 radical (unpaired) electrons.